The molecule has 2 aliphatic rings. The van der Waals surface area contributed by atoms with E-state index in [0.717, 1.165) is 31.4 Å². The van der Waals surface area contributed by atoms with Crippen LogP contribution >= 0.6 is 0 Å². The Kier molecular flexibility index (Phi) is 6.63. The maximum Gasteiger partial charge on any atom is 0.250 e. The molecule has 0 bridgehead atoms. The van der Waals surface area contributed by atoms with E-state index in [4.69, 9.17) is 4.74 Å². The van der Waals surface area contributed by atoms with Crippen LogP contribution in [0.25, 0.3) is 0 Å². The highest BCUT2D eigenvalue weighted by atomic mass is 16.5. The number of nitrogens with zero attached hydrogens (tertiary/aromatic N) is 1. The van der Waals surface area contributed by atoms with Crippen LogP contribution in [0.2, 0.25) is 0 Å². The molecule has 1 aromatic carbocycles. The molecule has 2 saturated heterocycles. The Morgan fingerprint density at radius 2 is 2.00 bits per heavy atom. The summed E-state index contributed by atoms with van der Waals surface area (Å²) in [5.74, 6) is 0.0741. The molecule has 0 spiro atoms. The monoisotopic (exact) mass is 359 g/mol. The average Bonchev–Trinajstić information content (AvgIpc) is 2.70. The summed E-state index contributed by atoms with van der Waals surface area (Å²) < 4.78 is 5.50. The predicted octanol–water partition coefficient (Wildman–Crippen LogP) is 1.28. The molecule has 0 saturated carbocycles. The number of likely N-dealkylation sites (tertiary alicyclic amines) is 1. The third-order valence-corrected chi connectivity index (χ3v) is 5.28. The van der Waals surface area contributed by atoms with Crippen molar-refractivity contribution < 1.29 is 14.3 Å². The SMILES string of the molecule is CCC(C(=O)N1CCC(NC(=O)C2CNCCO2)CC1)c1ccccc1. The summed E-state index contributed by atoms with van der Waals surface area (Å²) in [6, 6.07) is 10.1. The molecule has 6 nitrogen and oxygen atoms in total. The molecular weight excluding hydrogens is 330 g/mol. The summed E-state index contributed by atoms with van der Waals surface area (Å²) in [5.41, 5.74) is 1.08. The normalized spacial score (nSPS) is 22.7. The minimum absolute atomic E-state index is 0.0438. The second-order valence-electron chi connectivity index (χ2n) is 7.04. The molecule has 142 valence electrons. The average molecular weight is 359 g/mol. The van der Waals surface area contributed by atoms with Crippen LogP contribution in [0.4, 0.5) is 0 Å². The first-order valence-corrected chi connectivity index (χ1v) is 9.65. The van der Waals surface area contributed by atoms with Gasteiger partial charge in [0.25, 0.3) is 5.91 Å². The molecule has 1 aromatic rings. The number of piperidine rings is 1. The molecule has 2 atom stereocenters. The van der Waals surface area contributed by atoms with Gasteiger partial charge in [-0.15, -0.1) is 0 Å². The first-order valence-electron chi connectivity index (χ1n) is 9.65. The highest BCUT2D eigenvalue weighted by Gasteiger charge is 2.30. The number of hydrogen-bond acceptors (Lipinski definition) is 4. The number of carbonyl (C=O) groups is 2. The summed E-state index contributed by atoms with van der Waals surface area (Å²) in [5, 5.41) is 6.25. The van der Waals surface area contributed by atoms with Gasteiger partial charge in [0.2, 0.25) is 5.91 Å². The van der Waals surface area contributed by atoms with Crippen LogP contribution in [0.3, 0.4) is 0 Å². The summed E-state index contributed by atoms with van der Waals surface area (Å²) in [4.78, 5) is 27.1. The van der Waals surface area contributed by atoms with Crippen molar-refractivity contribution in [2.45, 2.75) is 44.2 Å². The fourth-order valence-corrected chi connectivity index (χ4v) is 3.73. The minimum atomic E-state index is -0.397. The van der Waals surface area contributed by atoms with Crippen LogP contribution in [0.1, 0.15) is 37.7 Å². The second-order valence-corrected chi connectivity index (χ2v) is 7.04. The molecule has 2 amide bonds. The van der Waals surface area contributed by atoms with E-state index in [1.807, 2.05) is 35.2 Å². The number of ether oxygens (including phenoxy) is 1. The number of carbonyl (C=O) groups excluding carboxylic acids is 2. The fraction of sp³-hybridized carbons (Fsp3) is 0.600. The Bertz CT molecular complexity index is 594. The van der Waals surface area contributed by atoms with Crippen molar-refractivity contribution in [3.8, 4) is 0 Å². The Balaban J connectivity index is 1.49. The van der Waals surface area contributed by atoms with Crippen molar-refractivity contribution in [2.75, 3.05) is 32.8 Å². The van der Waals surface area contributed by atoms with Crippen LogP contribution in [-0.2, 0) is 14.3 Å². The molecule has 3 rings (SSSR count). The smallest absolute Gasteiger partial charge is 0.250 e. The van der Waals surface area contributed by atoms with Crippen molar-refractivity contribution in [3.63, 3.8) is 0 Å². The van der Waals surface area contributed by atoms with E-state index in [0.29, 0.717) is 26.2 Å². The molecule has 2 unspecified atom stereocenters. The molecule has 2 aliphatic heterocycles. The van der Waals surface area contributed by atoms with E-state index in [9.17, 15) is 9.59 Å². The molecule has 6 heteroatoms. The Hall–Kier alpha value is -1.92. The van der Waals surface area contributed by atoms with Gasteiger partial charge in [0.15, 0.2) is 0 Å². The van der Waals surface area contributed by atoms with Gasteiger partial charge in [-0.2, -0.15) is 0 Å². The highest BCUT2D eigenvalue weighted by molar-refractivity contribution is 5.84. The predicted molar refractivity (Wildman–Crippen MR) is 99.8 cm³/mol. The molecule has 2 N–H and O–H groups in total. The molecule has 2 heterocycles. The highest BCUT2D eigenvalue weighted by Crippen LogP contribution is 2.24. The number of rotatable bonds is 5. The van der Waals surface area contributed by atoms with Crippen molar-refractivity contribution in [3.05, 3.63) is 35.9 Å². The van der Waals surface area contributed by atoms with E-state index in [-0.39, 0.29) is 23.8 Å². The number of hydrogen-bond donors (Lipinski definition) is 2. The van der Waals surface area contributed by atoms with E-state index >= 15 is 0 Å². The van der Waals surface area contributed by atoms with E-state index in [2.05, 4.69) is 17.6 Å². The number of nitrogens with one attached hydrogen (secondary N) is 2. The van der Waals surface area contributed by atoms with Crippen LogP contribution in [0.15, 0.2) is 30.3 Å². The zero-order valence-corrected chi connectivity index (χ0v) is 15.4. The summed E-state index contributed by atoms with van der Waals surface area (Å²) in [6.07, 6.45) is 1.99. The summed E-state index contributed by atoms with van der Waals surface area (Å²) >= 11 is 0. The van der Waals surface area contributed by atoms with Crippen molar-refractivity contribution >= 4 is 11.8 Å². The van der Waals surface area contributed by atoms with Gasteiger partial charge in [0.05, 0.1) is 12.5 Å². The maximum atomic E-state index is 12.9. The fourth-order valence-electron chi connectivity index (χ4n) is 3.73. The Labute approximate surface area is 155 Å². The van der Waals surface area contributed by atoms with Gasteiger partial charge in [-0.05, 0) is 24.8 Å². The molecule has 0 radical (unpaired) electrons. The van der Waals surface area contributed by atoms with Gasteiger partial charge in [0, 0.05) is 32.2 Å². The minimum Gasteiger partial charge on any atom is -0.366 e. The van der Waals surface area contributed by atoms with Gasteiger partial charge in [-0.1, -0.05) is 37.3 Å². The third kappa shape index (κ3) is 4.62. The van der Waals surface area contributed by atoms with Crippen molar-refractivity contribution in [2.24, 2.45) is 0 Å². The lowest BCUT2D eigenvalue weighted by Gasteiger charge is -2.35. The quantitative estimate of drug-likeness (QED) is 0.831. The van der Waals surface area contributed by atoms with Crippen LogP contribution in [0, 0.1) is 0 Å². The Morgan fingerprint density at radius 1 is 1.27 bits per heavy atom. The topological polar surface area (TPSA) is 70.7 Å². The van der Waals surface area contributed by atoms with Gasteiger partial charge in [-0.25, -0.2) is 0 Å². The van der Waals surface area contributed by atoms with Crippen LogP contribution < -0.4 is 10.6 Å². The van der Waals surface area contributed by atoms with Crippen molar-refractivity contribution in [1.82, 2.24) is 15.5 Å². The third-order valence-electron chi connectivity index (χ3n) is 5.28. The lowest BCUT2D eigenvalue weighted by atomic mass is 9.93. The van der Waals surface area contributed by atoms with Crippen LogP contribution in [-0.4, -0.2) is 61.6 Å². The lowest BCUT2D eigenvalue weighted by Crippen LogP contribution is -2.53. The molecule has 0 aromatic heterocycles. The lowest BCUT2D eigenvalue weighted by molar-refractivity contribution is -0.136. The number of amides is 2. The maximum absolute atomic E-state index is 12.9. The van der Waals surface area contributed by atoms with Crippen LogP contribution in [0.5, 0.6) is 0 Å². The van der Waals surface area contributed by atoms with Gasteiger partial charge >= 0.3 is 0 Å². The molecular formula is C20H29N3O3. The zero-order chi connectivity index (χ0) is 18.4. The second kappa shape index (κ2) is 9.14. The zero-order valence-electron chi connectivity index (χ0n) is 15.4. The Morgan fingerprint density at radius 3 is 2.62 bits per heavy atom. The van der Waals surface area contributed by atoms with E-state index in [1.54, 1.807) is 0 Å². The summed E-state index contributed by atoms with van der Waals surface area (Å²) in [6.45, 7) is 5.38. The van der Waals surface area contributed by atoms with Gasteiger partial charge in [0.1, 0.15) is 6.10 Å². The van der Waals surface area contributed by atoms with E-state index < -0.39 is 6.10 Å². The largest absolute Gasteiger partial charge is 0.366 e. The molecule has 0 aliphatic carbocycles. The standard InChI is InChI=1S/C20H29N3O3/c1-2-17(15-6-4-3-5-7-15)20(25)23-11-8-16(9-12-23)22-19(24)18-14-21-10-13-26-18/h3-7,16-18,21H,2,8-14H2,1H3,(H,22,24). The van der Waals surface area contributed by atoms with Crippen molar-refractivity contribution in [1.29, 1.82) is 0 Å². The number of benzene rings is 1. The van der Waals surface area contributed by atoms with Gasteiger partial charge in [-0.3, -0.25) is 9.59 Å². The first-order chi connectivity index (χ1) is 12.7. The van der Waals surface area contributed by atoms with Gasteiger partial charge < -0.3 is 20.3 Å². The summed E-state index contributed by atoms with van der Waals surface area (Å²) in [7, 11) is 0. The number of morpholine rings is 1. The first kappa shape index (κ1) is 18.9. The van der Waals surface area contributed by atoms with E-state index in [1.165, 1.54) is 0 Å². The molecule has 2 fully saturated rings. The molecule has 26 heavy (non-hydrogen) atoms.